The van der Waals surface area contributed by atoms with E-state index in [1.807, 2.05) is 31.2 Å². The topological polar surface area (TPSA) is 62.9 Å². The summed E-state index contributed by atoms with van der Waals surface area (Å²) in [6, 6.07) is 7.47. The molecule has 0 aliphatic carbocycles. The minimum absolute atomic E-state index is 0.0990. The molecule has 2 aromatic rings. The van der Waals surface area contributed by atoms with Crippen molar-refractivity contribution in [2.75, 3.05) is 13.7 Å². The van der Waals surface area contributed by atoms with Gasteiger partial charge in [0.1, 0.15) is 11.5 Å². The first-order chi connectivity index (χ1) is 11.0. The van der Waals surface area contributed by atoms with Crippen LogP contribution in [0.3, 0.4) is 0 Å². The monoisotopic (exact) mass is 315 g/mol. The summed E-state index contributed by atoms with van der Waals surface area (Å²) in [4.78, 5) is 14.7. The number of aliphatic hydroxyl groups excluding tert-OH is 1. The zero-order chi connectivity index (χ0) is 16.6. The molecule has 5 nitrogen and oxygen atoms in total. The Kier molecular flexibility index (Phi) is 4.13. The summed E-state index contributed by atoms with van der Waals surface area (Å²) in [6.45, 7) is 3.97. The van der Waals surface area contributed by atoms with Crippen molar-refractivity contribution in [3.05, 3.63) is 53.0 Å². The van der Waals surface area contributed by atoms with E-state index in [2.05, 4.69) is 0 Å². The number of carbonyl (C=O) groups is 1. The largest absolute Gasteiger partial charge is 0.497 e. The summed E-state index contributed by atoms with van der Waals surface area (Å²) in [7, 11) is 1.61. The SMILES string of the molecule is COc1cccc([C@@H]2C[C@@H](O)CN2C(=O)c2c(C)coc2C)c1. The van der Waals surface area contributed by atoms with Crippen molar-refractivity contribution in [2.24, 2.45) is 0 Å². The number of likely N-dealkylation sites (tertiary alicyclic amines) is 1. The Morgan fingerprint density at radius 2 is 2.17 bits per heavy atom. The van der Waals surface area contributed by atoms with Crippen LogP contribution in [-0.2, 0) is 0 Å². The molecule has 1 aromatic heterocycles. The van der Waals surface area contributed by atoms with Gasteiger partial charge in [-0.3, -0.25) is 4.79 Å². The highest BCUT2D eigenvalue weighted by Crippen LogP contribution is 2.35. The van der Waals surface area contributed by atoms with Crippen molar-refractivity contribution in [1.82, 2.24) is 4.90 Å². The number of ether oxygens (including phenoxy) is 1. The molecule has 1 amide bonds. The molecule has 5 heteroatoms. The van der Waals surface area contributed by atoms with Crippen LogP contribution in [-0.4, -0.2) is 35.7 Å². The second-order valence-corrected chi connectivity index (χ2v) is 5.99. The lowest BCUT2D eigenvalue weighted by Gasteiger charge is -2.25. The second-order valence-electron chi connectivity index (χ2n) is 5.99. The van der Waals surface area contributed by atoms with Crippen molar-refractivity contribution < 1.29 is 19.1 Å². The third-order valence-electron chi connectivity index (χ3n) is 4.39. The van der Waals surface area contributed by atoms with Crippen LogP contribution < -0.4 is 4.74 Å². The molecule has 1 N–H and O–H groups in total. The van der Waals surface area contributed by atoms with Gasteiger partial charge in [0.15, 0.2) is 0 Å². The van der Waals surface area contributed by atoms with Gasteiger partial charge in [0.05, 0.1) is 31.1 Å². The predicted octanol–water partition coefficient (Wildman–Crippen LogP) is 2.85. The second kappa shape index (κ2) is 6.08. The minimum atomic E-state index is -0.525. The van der Waals surface area contributed by atoms with Gasteiger partial charge in [0, 0.05) is 12.1 Å². The standard InChI is InChI=1S/C18H21NO4/c1-11-10-23-12(2)17(11)18(21)19-9-14(20)8-16(19)13-5-4-6-15(7-13)22-3/h4-7,10,14,16,20H,8-9H2,1-3H3/t14-,16+/m1/s1. The van der Waals surface area contributed by atoms with E-state index in [1.54, 1.807) is 25.2 Å². The Morgan fingerprint density at radius 1 is 1.39 bits per heavy atom. The van der Waals surface area contributed by atoms with Crippen LogP contribution in [0.1, 0.15) is 39.7 Å². The molecule has 1 saturated heterocycles. The van der Waals surface area contributed by atoms with Crippen LogP contribution in [0.5, 0.6) is 5.75 Å². The first-order valence-electron chi connectivity index (χ1n) is 7.69. The molecule has 1 aromatic carbocycles. The molecule has 2 heterocycles. The molecule has 0 spiro atoms. The van der Waals surface area contributed by atoms with E-state index in [4.69, 9.17) is 9.15 Å². The minimum Gasteiger partial charge on any atom is -0.497 e. The average Bonchev–Trinajstić information content (AvgIpc) is 3.09. The lowest BCUT2D eigenvalue weighted by Crippen LogP contribution is -2.32. The van der Waals surface area contributed by atoms with Gasteiger partial charge in [0.2, 0.25) is 0 Å². The van der Waals surface area contributed by atoms with Crippen molar-refractivity contribution in [3.8, 4) is 5.75 Å². The highest BCUT2D eigenvalue weighted by atomic mass is 16.5. The normalized spacial score (nSPS) is 20.8. The van der Waals surface area contributed by atoms with Crippen LogP contribution >= 0.6 is 0 Å². The highest BCUT2D eigenvalue weighted by Gasteiger charge is 2.37. The van der Waals surface area contributed by atoms with Gasteiger partial charge in [-0.15, -0.1) is 0 Å². The zero-order valence-electron chi connectivity index (χ0n) is 13.6. The van der Waals surface area contributed by atoms with Crippen LogP contribution in [0.15, 0.2) is 34.9 Å². The van der Waals surface area contributed by atoms with Gasteiger partial charge in [-0.05, 0) is 38.0 Å². The smallest absolute Gasteiger partial charge is 0.258 e. The van der Waals surface area contributed by atoms with Gasteiger partial charge in [-0.2, -0.15) is 0 Å². The molecule has 0 saturated carbocycles. The van der Waals surface area contributed by atoms with Gasteiger partial charge in [-0.25, -0.2) is 0 Å². The van der Waals surface area contributed by atoms with E-state index in [0.717, 1.165) is 16.9 Å². The Balaban J connectivity index is 1.95. The Bertz CT molecular complexity index is 702. The molecule has 122 valence electrons. The van der Waals surface area contributed by atoms with Gasteiger partial charge in [-0.1, -0.05) is 12.1 Å². The molecule has 0 radical (unpaired) electrons. The highest BCUT2D eigenvalue weighted by molar-refractivity contribution is 5.97. The summed E-state index contributed by atoms with van der Waals surface area (Å²) in [6.07, 6.45) is 1.59. The van der Waals surface area contributed by atoms with Crippen LogP contribution in [0.4, 0.5) is 0 Å². The van der Waals surface area contributed by atoms with Crippen molar-refractivity contribution >= 4 is 5.91 Å². The molecule has 0 bridgehead atoms. The van der Waals surface area contributed by atoms with E-state index in [1.165, 1.54) is 0 Å². The van der Waals surface area contributed by atoms with Crippen LogP contribution in [0.2, 0.25) is 0 Å². The maximum atomic E-state index is 13.0. The fourth-order valence-electron chi connectivity index (χ4n) is 3.24. The van der Waals surface area contributed by atoms with E-state index in [0.29, 0.717) is 24.3 Å². The first kappa shape index (κ1) is 15.6. The van der Waals surface area contributed by atoms with E-state index in [-0.39, 0.29) is 11.9 Å². The number of rotatable bonds is 3. The number of amides is 1. The maximum absolute atomic E-state index is 13.0. The number of nitrogens with zero attached hydrogens (tertiary/aromatic N) is 1. The van der Waals surface area contributed by atoms with E-state index < -0.39 is 6.10 Å². The number of β-amino-alcohol motifs (C(OH)–C–C–N with tert-alkyl or cyclic N) is 1. The number of aliphatic hydroxyl groups is 1. The molecule has 23 heavy (non-hydrogen) atoms. The fourth-order valence-corrected chi connectivity index (χ4v) is 3.24. The molecular weight excluding hydrogens is 294 g/mol. The summed E-state index contributed by atoms with van der Waals surface area (Å²) < 4.78 is 10.6. The van der Waals surface area contributed by atoms with Crippen LogP contribution in [0.25, 0.3) is 0 Å². The molecule has 3 rings (SSSR count). The fraction of sp³-hybridized carbons (Fsp3) is 0.389. The number of furan rings is 1. The lowest BCUT2D eigenvalue weighted by atomic mass is 10.0. The Morgan fingerprint density at radius 3 is 2.83 bits per heavy atom. The predicted molar refractivity (Wildman–Crippen MR) is 85.6 cm³/mol. The van der Waals surface area contributed by atoms with Crippen molar-refractivity contribution in [2.45, 2.75) is 32.4 Å². The summed E-state index contributed by atoms with van der Waals surface area (Å²) in [5.74, 6) is 1.25. The molecule has 2 atom stereocenters. The third kappa shape index (κ3) is 2.84. The first-order valence-corrected chi connectivity index (χ1v) is 7.69. The number of hydrogen-bond donors (Lipinski definition) is 1. The third-order valence-corrected chi connectivity index (χ3v) is 4.39. The zero-order valence-corrected chi connectivity index (χ0v) is 13.6. The van der Waals surface area contributed by atoms with E-state index >= 15 is 0 Å². The molecule has 1 aliphatic heterocycles. The molecule has 1 aliphatic rings. The van der Waals surface area contributed by atoms with Crippen molar-refractivity contribution in [1.29, 1.82) is 0 Å². The van der Waals surface area contributed by atoms with Crippen LogP contribution in [0, 0.1) is 13.8 Å². The van der Waals surface area contributed by atoms with E-state index in [9.17, 15) is 9.90 Å². The quantitative estimate of drug-likeness (QED) is 0.946. The van der Waals surface area contributed by atoms with Gasteiger partial charge < -0.3 is 19.2 Å². The number of methoxy groups -OCH3 is 1. The average molecular weight is 315 g/mol. The number of carbonyl (C=O) groups excluding carboxylic acids is 1. The summed E-state index contributed by atoms with van der Waals surface area (Å²) >= 11 is 0. The number of aryl methyl sites for hydroxylation is 2. The van der Waals surface area contributed by atoms with Gasteiger partial charge in [0.25, 0.3) is 5.91 Å². The van der Waals surface area contributed by atoms with Gasteiger partial charge >= 0.3 is 0 Å². The maximum Gasteiger partial charge on any atom is 0.258 e. The number of hydrogen-bond acceptors (Lipinski definition) is 4. The molecular formula is C18H21NO4. The number of benzene rings is 1. The Hall–Kier alpha value is -2.27. The lowest BCUT2D eigenvalue weighted by molar-refractivity contribution is 0.0713. The summed E-state index contributed by atoms with van der Waals surface area (Å²) in [5.41, 5.74) is 2.37. The summed E-state index contributed by atoms with van der Waals surface area (Å²) in [5, 5.41) is 10.1. The van der Waals surface area contributed by atoms with Crippen molar-refractivity contribution in [3.63, 3.8) is 0 Å². The Labute approximate surface area is 135 Å². The molecule has 1 fully saturated rings. The molecule has 0 unspecified atom stereocenters.